The molecular weight excluding hydrogens is 330 g/mol. The highest BCUT2D eigenvalue weighted by molar-refractivity contribution is 5.79. The number of amides is 2. The van der Waals surface area contributed by atoms with E-state index in [-0.39, 0.29) is 12.0 Å². The van der Waals surface area contributed by atoms with Crippen molar-refractivity contribution in [2.75, 3.05) is 39.3 Å². The third-order valence-electron chi connectivity index (χ3n) is 7.29. The normalized spacial score (nSPS) is 36.0. The Bertz CT molecular complexity index is 538. The molecule has 1 N–H and O–H groups in total. The van der Waals surface area contributed by atoms with Crippen LogP contribution in [0, 0.1) is 17.3 Å². The average Bonchev–Trinajstić information content (AvgIpc) is 3.07. The fourth-order valence-corrected chi connectivity index (χ4v) is 5.77. The molecule has 2 amide bonds. The Labute approximate surface area is 156 Å². The molecule has 0 bridgehead atoms. The summed E-state index contributed by atoms with van der Waals surface area (Å²) in [7, 11) is 0. The summed E-state index contributed by atoms with van der Waals surface area (Å²) in [6, 6.07) is 0.679. The number of piperidine rings is 2. The first-order chi connectivity index (χ1) is 12.6. The van der Waals surface area contributed by atoms with Gasteiger partial charge in [0, 0.05) is 31.6 Å². The van der Waals surface area contributed by atoms with Gasteiger partial charge >= 0.3 is 6.09 Å². The van der Waals surface area contributed by atoms with Gasteiger partial charge in [-0.05, 0) is 76.3 Å². The van der Waals surface area contributed by atoms with Crippen LogP contribution < -0.4 is 5.32 Å². The van der Waals surface area contributed by atoms with Gasteiger partial charge in [-0.15, -0.1) is 0 Å². The van der Waals surface area contributed by atoms with Crippen molar-refractivity contribution in [3.63, 3.8) is 0 Å². The maximum absolute atomic E-state index is 12.1. The lowest BCUT2D eigenvalue weighted by Crippen LogP contribution is -2.55. The van der Waals surface area contributed by atoms with Crippen molar-refractivity contribution in [1.29, 1.82) is 0 Å². The first-order valence-electron chi connectivity index (χ1n) is 10.5. The minimum atomic E-state index is -0.139. The van der Waals surface area contributed by atoms with Crippen LogP contribution in [0.1, 0.15) is 51.9 Å². The van der Waals surface area contributed by atoms with Crippen LogP contribution in [0.25, 0.3) is 0 Å². The van der Waals surface area contributed by atoms with Crippen LogP contribution in [-0.2, 0) is 9.53 Å². The SMILES string of the molecule is CCOC(=O)N1CCC2(CC(N3CCC(C4CCCNC4=O)CC3)C2)C1. The number of rotatable bonds is 3. The zero-order chi connectivity index (χ0) is 18.1. The third-order valence-corrected chi connectivity index (χ3v) is 7.29. The minimum absolute atomic E-state index is 0.139. The molecule has 1 unspecified atom stereocenters. The van der Waals surface area contributed by atoms with Crippen LogP contribution in [0.2, 0.25) is 0 Å². The molecule has 4 aliphatic rings. The molecule has 4 rings (SSSR count). The summed E-state index contributed by atoms with van der Waals surface area (Å²) < 4.78 is 5.15. The first kappa shape index (κ1) is 18.1. The summed E-state index contributed by atoms with van der Waals surface area (Å²) in [4.78, 5) is 28.6. The number of ether oxygens (including phenoxy) is 1. The smallest absolute Gasteiger partial charge is 0.409 e. The van der Waals surface area contributed by atoms with Gasteiger partial charge in [0.2, 0.25) is 5.91 Å². The van der Waals surface area contributed by atoms with E-state index in [1.54, 1.807) is 0 Å². The fourth-order valence-electron chi connectivity index (χ4n) is 5.77. The lowest BCUT2D eigenvalue weighted by Gasteiger charge is -2.52. The molecule has 3 heterocycles. The average molecular weight is 364 g/mol. The Morgan fingerprint density at radius 1 is 1.23 bits per heavy atom. The van der Waals surface area contributed by atoms with Crippen molar-refractivity contribution in [3.8, 4) is 0 Å². The van der Waals surface area contributed by atoms with E-state index in [0.29, 0.717) is 29.9 Å². The van der Waals surface area contributed by atoms with Gasteiger partial charge in [-0.1, -0.05) is 0 Å². The summed E-state index contributed by atoms with van der Waals surface area (Å²) in [5.41, 5.74) is 0.345. The van der Waals surface area contributed by atoms with E-state index in [4.69, 9.17) is 4.74 Å². The zero-order valence-electron chi connectivity index (χ0n) is 16.0. The molecule has 3 aliphatic heterocycles. The summed E-state index contributed by atoms with van der Waals surface area (Å²) in [5.74, 6) is 1.13. The number of nitrogens with one attached hydrogen (secondary N) is 1. The van der Waals surface area contributed by atoms with E-state index >= 15 is 0 Å². The van der Waals surface area contributed by atoms with Crippen LogP contribution in [0.4, 0.5) is 4.79 Å². The van der Waals surface area contributed by atoms with Crippen molar-refractivity contribution < 1.29 is 14.3 Å². The van der Waals surface area contributed by atoms with Crippen molar-refractivity contribution in [2.45, 2.75) is 57.9 Å². The molecule has 6 heteroatoms. The quantitative estimate of drug-likeness (QED) is 0.835. The maximum atomic E-state index is 12.1. The van der Waals surface area contributed by atoms with Crippen LogP contribution in [0.3, 0.4) is 0 Å². The molecule has 1 spiro atoms. The predicted molar refractivity (Wildman–Crippen MR) is 98.7 cm³/mol. The predicted octanol–water partition coefficient (Wildman–Crippen LogP) is 2.24. The number of hydrogen-bond acceptors (Lipinski definition) is 4. The number of hydrogen-bond donors (Lipinski definition) is 1. The summed E-state index contributed by atoms with van der Waals surface area (Å²) in [6.07, 6.45) is 7.97. The lowest BCUT2D eigenvalue weighted by molar-refractivity contribution is -0.129. The number of nitrogens with zero attached hydrogens (tertiary/aromatic N) is 2. The second-order valence-electron chi connectivity index (χ2n) is 8.85. The van der Waals surface area contributed by atoms with Gasteiger partial charge in [0.15, 0.2) is 0 Å². The molecule has 1 saturated carbocycles. The van der Waals surface area contributed by atoms with E-state index in [0.717, 1.165) is 64.8 Å². The number of likely N-dealkylation sites (tertiary alicyclic amines) is 2. The third kappa shape index (κ3) is 3.45. The van der Waals surface area contributed by atoms with E-state index in [1.807, 2.05) is 11.8 Å². The van der Waals surface area contributed by atoms with Gasteiger partial charge in [-0.25, -0.2) is 4.79 Å². The molecule has 26 heavy (non-hydrogen) atoms. The summed E-state index contributed by atoms with van der Waals surface area (Å²) in [6.45, 7) is 7.18. The van der Waals surface area contributed by atoms with Crippen molar-refractivity contribution in [2.24, 2.45) is 17.3 Å². The molecule has 0 radical (unpaired) electrons. The van der Waals surface area contributed by atoms with Gasteiger partial charge in [0.1, 0.15) is 0 Å². The highest BCUT2D eigenvalue weighted by Crippen LogP contribution is 2.51. The van der Waals surface area contributed by atoms with E-state index in [1.165, 1.54) is 12.8 Å². The molecule has 0 aromatic rings. The van der Waals surface area contributed by atoms with Gasteiger partial charge < -0.3 is 19.9 Å². The molecular formula is C20H33N3O3. The van der Waals surface area contributed by atoms with Crippen molar-refractivity contribution >= 4 is 12.0 Å². The Balaban J connectivity index is 1.22. The molecule has 0 aromatic heterocycles. The maximum Gasteiger partial charge on any atom is 0.409 e. The second-order valence-corrected chi connectivity index (χ2v) is 8.85. The lowest BCUT2D eigenvalue weighted by atomic mass is 9.64. The standard InChI is InChI=1S/C20H33N3O3/c1-2-26-19(25)23-11-7-20(14-23)12-16(13-20)22-9-5-15(6-10-22)17-4-3-8-21-18(17)24/h15-17H,2-14H2,1H3,(H,21,24). The Morgan fingerprint density at radius 3 is 2.69 bits per heavy atom. The Morgan fingerprint density at radius 2 is 2.00 bits per heavy atom. The van der Waals surface area contributed by atoms with Gasteiger partial charge in [0.25, 0.3) is 0 Å². The molecule has 146 valence electrons. The molecule has 6 nitrogen and oxygen atoms in total. The molecule has 4 fully saturated rings. The highest BCUT2D eigenvalue weighted by atomic mass is 16.6. The number of carbonyl (C=O) groups excluding carboxylic acids is 2. The summed E-state index contributed by atoms with van der Waals surface area (Å²) in [5, 5.41) is 3.05. The largest absolute Gasteiger partial charge is 0.450 e. The molecule has 0 aromatic carbocycles. The molecule has 1 aliphatic carbocycles. The Hall–Kier alpha value is -1.30. The van der Waals surface area contributed by atoms with Crippen LogP contribution in [-0.4, -0.2) is 67.2 Å². The topological polar surface area (TPSA) is 61.9 Å². The zero-order valence-corrected chi connectivity index (χ0v) is 16.0. The monoisotopic (exact) mass is 363 g/mol. The van der Waals surface area contributed by atoms with E-state index < -0.39 is 0 Å². The van der Waals surface area contributed by atoms with E-state index in [2.05, 4.69) is 10.2 Å². The second kappa shape index (κ2) is 7.37. The van der Waals surface area contributed by atoms with Gasteiger partial charge in [-0.3, -0.25) is 4.79 Å². The van der Waals surface area contributed by atoms with E-state index in [9.17, 15) is 9.59 Å². The first-order valence-corrected chi connectivity index (χ1v) is 10.5. The molecule has 1 atom stereocenters. The van der Waals surface area contributed by atoms with Gasteiger partial charge in [-0.2, -0.15) is 0 Å². The minimum Gasteiger partial charge on any atom is -0.450 e. The number of carbonyl (C=O) groups is 2. The van der Waals surface area contributed by atoms with Crippen molar-refractivity contribution in [1.82, 2.24) is 15.1 Å². The Kier molecular flexibility index (Phi) is 5.13. The van der Waals surface area contributed by atoms with Gasteiger partial charge in [0.05, 0.1) is 6.61 Å². The summed E-state index contributed by atoms with van der Waals surface area (Å²) >= 11 is 0. The molecule has 3 saturated heterocycles. The fraction of sp³-hybridized carbons (Fsp3) is 0.900. The van der Waals surface area contributed by atoms with Crippen LogP contribution in [0.5, 0.6) is 0 Å². The van der Waals surface area contributed by atoms with Crippen LogP contribution in [0.15, 0.2) is 0 Å². The highest BCUT2D eigenvalue weighted by Gasteiger charge is 2.51. The van der Waals surface area contributed by atoms with Crippen LogP contribution >= 0.6 is 0 Å². The van der Waals surface area contributed by atoms with Crippen molar-refractivity contribution in [3.05, 3.63) is 0 Å².